The molecule has 0 spiro atoms. The Morgan fingerprint density at radius 1 is 1.06 bits per heavy atom. The third kappa shape index (κ3) is 5.64. The normalized spacial score (nSPS) is 17.8. The van der Waals surface area contributed by atoms with Crippen LogP contribution in [0.4, 0.5) is 13.2 Å². The van der Waals surface area contributed by atoms with E-state index in [-0.39, 0.29) is 40.3 Å². The van der Waals surface area contributed by atoms with Gasteiger partial charge in [-0.2, -0.15) is 13.2 Å². The van der Waals surface area contributed by atoms with Gasteiger partial charge < -0.3 is 4.90 Å². The van der Waals surface area contributed by atoms with E-state index in [1.54, 1.807) is 18.2 Å². The van der Waals surface area contributed by atoms with Gasteiger partial charge in [0.1, 0.15) is 5.03 Å². The molecule has 1 amide bonds. The number of hydrogen-bond acceptors (Lipinski definition) is 6. The molecular weight excluding hydrogens is 475 g/mol. The van der Waals surface area contributed by atoms with E-state index in [9.17, 15) is 26.4 Å². The number of alkyl halides is 3. The van der Waals surface area contributed by atoms with E-state index in [0.717, 1.165) is 17.3 Å². The van der Waals surface area contributed by atoms with Gasteiger partial charge in [0.25, 0.3) is 0 Å². The van der Waals surface area contributed by atoms with Crippen molar-refractivity contribution in [1.29, 1.82) is 0 Å². The van der Waals surface area contributed by atoms with Crippen LogP contribution in [0, 0.1) is 0 Å². The third-order valence-electron chi connectivity index (χ3n) is 5.32. The summed E-state index contributed by atoms with van der Waals surface area (Å²) >= 11 is 0.894. The maximum absolute atomic E-state index is 13.3. The standard InChI is InChI=1S/C22H20F3N3O3S2/c23-22(24,25)21-26-18-9-5-4-8-17(18)20(27-21)32-13-19(29)28(12-15-6-2-1-3-7-15)16-10-11-33(30,31)14-16/h1-9,16H,10-14H2. The SMILES string of the molecule is O=C(CSc1nc(C(F)(F)F)nc2ccccc12)N(Cc1ccccc1)C1CCS(=O)(=O)C1. The summed E-state index contributed by atoms with van der Waals surface area (Å²) in [5.41, 5.74) is 0.977. The van der Waals surface area contributed by atoms with Crippen molar-refractivity contribution in [2.24, 2.45) is 0 Å². The fourth-order valence-electron chi connectivity index (χ4n) is 3.72. The zero-order chi connectivity index (χ0) is 23.6. The second-order valence-corrected chi connectivity index (χ2v) is 10.9. The van der Waals surface area contributed by atoms with E-state index in [1.165, 1.54) is 11.0 Å². The summed E-state index contributed by atoms with van der Waals surface area (Å²) in [5, 5.41) is 0.473. The smallest absolute Gasteiger partial charge is 0.334 e. The first-order valence-electron chi connectivity index (χ1n) is 10.1. The van der Waals surface area contributed by atoms with Crippen molar-refractivity contribution in [3.63, 3.8) is 0 Å². The fraction of sp³-hybridized carbons (Fsp3) is 0.318. The maximum Gasteiger partial charge on any atom is 0.451 e. The first kappa shape index (κ1) is 23.5. The molecular formula is C22H20F3N3O3S2. The summed E-state index contributed by atoms with van der Waals surface area (Å²) < 4.78 is 63.9. The summed E-state index contributed by atoms with van der Waals surface area (Å²) in [6, 6.07) is 15.0. The molecule has 1 aliphatic heterocycles. The van der Waals surface area contributed by atoms with Gasteiger partial charge in [0.05, 0.1) is 22.8 Å². The minimum atomic E-state index is -4.72. The van der Waals surface area contributed by atoms with Crippen molar-refractivity contribution in [3.8, 4) is 0 Å². The molecule has 1 aliphatic rings. The number of benzene rings is 2. The van der Waals surface area contributed by atoms with Gasteiger partial charge in [-0.15, -0.1) is 0 Å². The zero-order valence-electron chi connectivity index (χ0n) is 17.3. The number of fused-ring (bicyclic) bond motifs is 1. The summed E-state index contributed by atoms with van der Waals surface area (Å²) in [7, 11) is -3.23. The lowest BCUT2D eigenvalue weighted by molar-refractivity contribution is -0.145. The van der Waals surface area contributed by atoms with Crippen molar-refractivity contribution in [2.45, 2.75) is 30.2 Å². The Morgan fingerprint density at radius 3 is 2.42 bits per heavy atom. The zero-order valence-corrected chi connectivity index (χ0v) is 19.0. The second-order valence-electron chi connectivity index (χ2n) is 7.72. The van der Waals surface area contributed by atoms with Crippen LogP contribution in [-0.4, -0.2) is 52.5 Å². The molecule has 0 N–H and O–H groups in total. The molecule has 0 saturated carbocycles. The topological polar surface area (TPSA) is 80.2 Å². The highest BCUT2D eigenvalue weighted by atomic mass is 32.2. The van der Waals surface area contributed by atoms with Crippen LogP contribution in [-0.2, 0) is 27.4 Å². The van der Waals surface area contributed by atoms with Crippen LogP contribution in [0.15, 0.2) is 59.6 Å². The number of amides is 1. The van der Waals surface area contributed by atoms with E-state index >= 15 is 0 Å². The van der Waals surface area contributed by atoms with Gasteiger partial charge in [0.15, 0.2) is 9.84 Å². The monoisotopic (exact) mass is 495 g/mol. The lowest BCUT2D eigenvalue weighted by atomic mass is 10.1. The third-order valence-corrected chi connectivity index (χ3v) is 8.05. The van der Waals surface area contributed by atoms with Crippen molar-refractivity contribution in [2.75, 3.05) is 17.3 Å². The lowest BCUT2D eigenvalue weighted by Crippen LogP contribution is -2.41. The second kappa shape index (κ2) is 9.30. The molecule has 0 aliphatic carbocycles. The first-order valence-corrected chi connectivity index (χ1v) is 12.9. The van der Waals surface area contributed by atoms with E-state index in [1.807, 2.05) is 30.3 Å². The molecule has 2 heterocycles. The molecule has 1 aromatic heterocycles. The quantitative estimate of drug-likeness (QED) is 0.381. The van der Waals surface area contributed by atoms with Crippen molar-refractivity contribution in [1.82, 2.24) is 14.9 Å². The number of sulfone groups is 1. The lowest BCUT2D eigenvalue weighted by Gasteiger charge is -2.28. The summed E-state index contributed by atoms with van der Waals surface area (Å²) in [5.74, 6) is -1.91. The number of halogens is 3. The Bertz CT molecular complexity index is 1270. The Kier molecular flexibility index (Phi) is 6.62. The summed E-state index contributed by atoms with van der Waals surface area (Å²) in [6.07, 6.45) is -4.39. The van der Waals surface area contributed by atoms with Crippen LogP contribution in [0.1, 0.15) is 17.8 Å². The van der Waals surface area contributed by atoms with Gasteiger partial charge >= 0.3 is 6.18 Å². The number of para-hydroxylation sites is 1. The first-order chi connectivity index (χ1) is 15.6. The molecule has 3 aromatic rings. The fourth-order valence-corrected chi connectivity index (χ4v) is 6.36. The van der Waals surface area contributed by atoms with Crippen molar-refractivity contribution in [3.05, 3.63) is 66.0 Å². The van der Waals surface area contributed by atoms with E-state index in [4.69, 9.17) is 0 Å². The highest BCUT2D eigenvalue weighted by molar-refractivity contribution is 8.00. The molecule has 33 heavy (non-hydrogen) atoms. The van der Waals surface area contributed by atoms with Crippen LogP contribution < -0.4 is 0 Å². The highest BCUT2D eigenvalue weighted by Crippen LogP contribution is 2.32. The largest absolute Gasteiger partial charge is 0.451 e. The Balaban J connectivity index is 1.59. The highest BCUT2D eigenvalue weighted by Gasteiger charge is 2.36. The summed E-state index contributed by atoms with van der Waals surface area (Å²) in [6.45, 7) is 0.221. The average Bonchev–Trinajstić information content (AvgIpc) is 3.14. The van der Waals surface area contributed by atoms with Crippen molar-refractivity contribution >= 4 is 38.4 Å². The Morgan fingerprint density at radius 2 is 1.76 bits per heavy atom. The van der Waals surface area contributed by atoms with Gasteiger partial charge in [0.2, 0.25) is 11.7 Å². The average molecular weight is 496 g/mol. The van der Waals surface area contributed by atoms with Gasteiger partial charge in [-0.1, -0.05) is 60.3 Å². The number of aromatic nitrogens is 2. The van der Waals surface area contributed by atoms with Crippen LogP contribution in [0.3, 0.4) is 0 Å². The summed E-state index contributed by atoms with van der Waals surface area (Å²) in [4.78, 5) is 22.0. The molecule has 11 heteroatoms. The van der Waals surface area contributed by atoms with Gasteiger partial charge in [0, 0.05) is 18.0 Å². The van der Waals surface area contributed by atoms with Gasteiger partial charge in [-0.25, -0.2) is 18.4 Å². The molecule has 174 valence electrons. The van der Waals surface area contributed by atoms with E-state index < -0.39 is 27.9 Å². The van der Waals surface area contributed by atoms with Crippen LogP contribution in [0.25, 0.3) is 10.9 Å². The number of carbonyl (C=O) groups is 1. The van der Waals surface area contributed by atoms with Crippen molar-refractivity contribution < 1.29 is 26.4 Å². The minimum Gasteiger partial charge on any atom is -0.334 e. The molecule has 6 nitrogen and oxygen atoms in total. The number of rotatable bonds is 6. The molecule has 1 fully saturated rings. The predicted octanol–water partition coefficient (Wildman–Crippen LogP) is 3.96. The Labute approximate surface area is 193 Å². The molecule has 0 radical (unpaired) electrons. The number of nitrogens with zero attached hydrogens (tertiary/aromatic N) is 3. The van der Waals surface area contributed by atoms with E-state index in [0.29, 0.717) is 11.8 Å². The Hall–Kier alpha value is -2.66. The van der Waals surface area contributed by atoms with Gasteiger partial charge in [-0.3, -0.25) is 4.79 Å². The molecule has 2 aromatic carbocycles. The molecule has 1 saturated heterocycles. The molecule has 4 rings (SSSR count). The number of hydrogen-bond donors (Lipinski definition) is 0. The molecule has 1 unspecified atom stereocenters. The molecule has 0 bridgehead atoms. The molecule has 1 atom stereocenters. The van der Waals surface area contributed by atoms with Crippen LogP contribution in [0.5, 0.6) is 0 Å². The number of carbonyl (C=O) groups excluding carboxylic acids is 1. The number of thioether (sulfide) groups is 1. The van der Waals surface area contributed by atoms with Gasteiger partial charge in [-0.05, 0) is 18.1 Å². The van der Waals surface area contributed by atoms with Crippen LogP contribution in [0.2, 0.25) is 0 Å². The van der Waals surface area contributed by atoms with Crippen LogP contribution >= 0.6 is 11.8 Å². The minimum absolute atomic E-state index is 0.00880. The predicted molar refractivity (Wildman–Crippen MR) is 119 cm³/mol. The van der Waals surface area contributed by atoms with E-state index in [2.05, 4.69) is 9.97 Å². The maximum atomic E-state index is 13.3.